The van der Waals surface area contributed by atoms with E-state index >= 15 is 0 Å². The van der Waals surface area contributed by atoms with Crippen LogP contribution in [-0.2, 0) is 14.9 Å². The van der Waals surface area contributed by atoms with Crippen LogP contribution in [0, 0.1) is 18.3 Å². The number of amides is 1. The van der Waals surface area contributed by atoms with Crippen molar-refractivity contribution in [2.45, 2.75) is 11.8 Å². The lowest BCUT2D eigenvalue weighted by molar-refractivity contribution is -0.112. The summed E-state index contributed by atoms with van der Waals surface area (Å²) in [6.07, 6.45) is 1.12. The highest BCUT2D eigenvalue weighted by atomic mass is 35.5. The van der Waals surface area contributed by atoms with Crippen molar-refractivity contribution in [1.82, 2.24) is 0 Å². The third kappa shape index (κ3) is 6.05. The van der Waals surface area contributed by atoms with E-state index < -0.39 is 16.0 Å². The van der Waals surface area contributed by atoms with Crippen molar-refractivity contribution in [3.63, 3.8) is 0 Å². The number of aryl methyl sites for hydroxylation is 1. The number of nitrogens with zero attached hydrogens (tertiary/aromatic N) is 1. The first kappa shape index (κ1) is 24.1. The molecular formula is C23H16Cl2N2O5S. The number of phenolic OH excluding ortho intramolecular Hbond substituents is 1. The first-order valence-corrected chi connectivity index (χ1v) is 11.5. The molecule has 1 amide bonds. The van der Waals surface area contributed by atoms with Crippen molar-refractivity contribution in [1.29, 1.82) is 5.26 Å². The highest BCUT2D eigenvalue weighted by Crippen LogP contribution is 2.36. The monoisotopic (exact) mass is 502 g/mol. The lowest BCUT2D eigenvalue weighted by Crippen LogP contribution is -2.14. The molecule has 3 rings (SSSR count). The van der Waals surface area contributed by atoms with Crippen LogP contribution < -0.4 is 9.50 Å². The molecule has 0 saturated heterocycles. The number of carbonyl (C=O) groups is 1. The number of nitriles is 1. The second kappa shape index (κ2) is 9.96. The van der Waals surface area contributed by atoms with Gasteiger partial charge in [0.15, 0.2) is 5.75 Å². The van der Waals surface area contributed by atoms with Crippen LogP contribution >= 0.6 is 23.2 Å². The standard InChI is InChI=1S/C23H16Cl2N2O5S/c1-14-2-8-20(9-3-14)33(30,31)32-22-15(11-17(24)12-21(22)25)10-16(13-26)23(29)27-18-4-6-19(28)7-5-18/h2-12,28H,1H3,(H,27,29)/b16-10+. The van der Waals surface area contributed by atoms with E-state index in [-0.39, 0.29) is 37.6 Å². The molecule has 0 atom stereocenters. The molecule has 0 aliphatic carbocycles. The fraction of sp³-hybridized carbons (Fsp3) is 0.0435. The molecule has 33 heavy (non-hydrogen) atoms. The van der Waals surface area contributed by atoms with Crippen molar-refractivity contribution in [3.8, 4) is 17.6 Å². The van der Waals surface area contributed by atoms with E-state index in [1.54, 1.807) is 18.2 Å². The van der Waals surface area contributed by atoms with E-state index in [1.807, 2.05) is 6.92 Å². The smallest absolute Gasteiger partial charge is 0.339 e. The van der Waals surface area contributed by atoms with Gasteiger partial charge in [-0.1, -0.05) is 40.9 Å². The SMILES string of the molecule is Cc1ccc(S(=O)(=O)Oc2c(Cl)cc(Cl)cc2/C=C(\C#N)C(=O)Nc2ccc(O)cc2)cc1. The number of hydrogen-bond acceptors (Lipinski definition) is 6. The van der Waals surface area contributed by atoms with Crippen LogP contribution in [0.1, 0.15) is 11.1 Å². The third-order valence-electron chi connectivity index (χ3n) is 4.33. The molecule has 2 N–H and O–H groups in total. The fourth-order valence-electron chi connectivity index (χ4n) is 2.69. The Morgan fingerprint density at radius 3 is 2.33 bits per heavy atom. The van der Waals surface area contributed by atoms with E-state index in [1.165, 1.54) is 48.5 Å². The number of anilines is 1. The molecule has 3 aromatic rings. The van der Waals surface area contributed by atoms with Gasteiger partial charge in [0.1, 0.15) is 22.3 Å². The molecule has 0 aliphatic rings. The number of phenols is 1. The molecule has 0 aromatic heterocycles. The van der Waals surface area contributed by atoms with Crippen molar-refractivity contribution in [2.24, 2.45) is 0 Å². The van der Waals surface area contributed by atoms with Crippen LogP contribution in [0.3, 0.4) is 0 Å². The van der Waals surface area contributed by atoms with E-state index in [2.05, 4.69) is 5.32 Å². The summed E-state index contributed by atoms with van der Waals surface area (Å²) >= 11 is 12.2. The summed E-state index contributed by atoms with van der Waals surface area (Å²) in [5.41, 5.74) is 0.849. The number of rotatable bonds is 6. The average Bonchev–Trinajstić information content (AvgIpc) is 2.76. The summed E-state index contributed by atoms with van der Waals surface area (Å²) in [4.78, 5) is 12.5. The van der Waals surface area contributed by atoms with Gasteiger partial charge in [0, 0.05) is 16.3 Å². The molecule has 0 radical (unpaired) electrons. The molecule has 10 heteroatoms. The molecule has 0 heterocycles. The van der Waals surface area contributed by atoms with E-state index in [9.17, 15) is 23.6 Å². The van der Waals surface area contributed by atoms with Crippen LogP contribution in [0.4, 0.5) is 5.69 Å². The van der Waals surface area contributed by atoms with Crippen LogP contribution in [0.25, 0.3) is 6.08 Å². The van der Waals surface area contributed by atoms with E-state index in [4.69, 9.17) is 27.4 Å². The number of benzene rings is 3. The Hall–Kier alpha value is -3.51. The van der Waals surface area contributed by atoms with Gasteiger partial charge in [-0.25, -0.2) is 0 Å². The van der Waals surface area contributed by atoms with Crippen LogP contribution in [0.15, 0.2) is 71.1 Å². The van der Waals surface area contributed by atoms with Crippen molar-refractivity contribution in [3.05, 3.63) is 87.4 Å². The van der Waals surface area contributed by atoms with Gasteiger partial charge in [-0.05, 0) is 61.5 Å². The van der Waals surface area contributed by atoms with Crippen molar-refractivity contribution in [2.75, 3.05) is 5.32 Å². The molecule has 0 saturated carbocycles. The van der Waals surface area contributed by atoms with Gasteiger partial charge in [-0.3, -0.25) is 4.79 Å². The number of nitrogens with one attached hydrogen (secondary N) is 1. The highest BCUT2D eigenvalue weighted by Gasteiger charge is 2.22. The topological polar surface area (TPSA) is 116 Å². The number of hydrogen-bond donors (Lipinski definition) is 2. The zero-order valence-electron chi connectivity index (χ0n) is 17.0. The van der Waals surface area contributed by atoms with Crippen LogP contribution in [0.5, 0.6) is 11.5 Å². The minimum atomic E-state index is -4.27. The fourth-order valence-corrected chi connectivity index (χ4v) is 4.25. The minimum Gasteiger partial charge on any atom is -0.508 e. The van der Waals surface area contributed by atoms with Gasteiger partial charge < -0.3 is 14.6 Å². The number of aromatic hydroxyl groups is 1. The lowest BCUT2D eigenvalue weighted by Gasteiger charge is -2.12. The highest BCUT2D eigenvalue weighted by molar-refractivity contribution is 7.87. The van der Waals surface area contributed by atoms with E-state index in [0.29, 0.717) is 5.69 Å². The van der Waals surface area contributed by atoms with Gasteiger partial charge in [-0.2, -0.15) is 13.7 Å². The second-order valence-electron chi connectivity index (χ2n) is 6.83. The third-order valence-corrected chi connectivity index (χ3v) is 6.06. The first-order chi connectivity index (χ1) is 15.6. The molecule has 7 nitrogen and oxygen atoms in total. The van der Waals surface area contributed by atoms with Crippen LogP contribution in [-0.4, -0.2) is 19.4 Å². The quantitative estimate of drug-likeness (QED) is 0.204. The summed E-state index contributed by atoms with van der Waals surface area (Å²) in [5, 5.41) is 21.4. The summed E-state index contributed by atoms with van der Waals surface area (Å²) in [7, 11) is -4.27. The maximum atomic E-state index is 12.8. The van der Waals surface area contributed by atoms with Crippen molar-refractivity contribution < 1.29 is 22.5 Å². The minimum absolute atomic E-state index is 0.00851. The lowest BCUT2D eigenvalue weighted by atomic mass is 10.1. The Morgan fingerprint density at radius 1 is 1.09 bits per heavy atom. The Kier molecular flexibility index (Phi) is 7.29. The van der Waals surface area contributed by atoms with E-state index in [0.717, 1.165) is 11.6 Å². The molecular weight excluding hydrogens is 487 g/mol. The zero-order chi connectivity index (χ0) is 24.2. The predicted molar refractivity (Wildman–Crippen MR) is 126 cm³/mol. The molecule has 0 bridgehead atoms. The molecule has 0 unspecified atom stereocenters. The largest absolute Gasteiger partial charge is 0.508 e. The summed E-state index contributed by atoms with van der Waals surface area (Å²) in [5.74, 6) is -1.05. The Labute approximate surface area is 200 Å². The van der Waals surface area contributed by atoms with Gasteiger partial charge in [0.2, 0.25) is 0 Å². The molecule has 0 aliphatic heterocycles. The Bertz CT molecular complexity index is 1380. The van der Waals surface area contributed by atoms with Gasteiger partial charge in [0.05, 0.1) is 5.02 Å². The van der Waals surface area contributed by atoms with Gasteiger partial charge in [0.25, 0.3) is 5.91 Å². The second-order valence-corrected chi connectivity index (χ2v) is 9.22. The maximum absolute atomic E-state index is 12.8. The van der Waals surface area contributed by atoms with Gasteiger partial charge >= 0.3 is 10.1 Å². The molecule has 0 fully saturated rings. The maximum Gasteiger partial charge on any atom is 0.339 e. The van der Waals surface area contributed by atoms with Gasteiger partial charge in [-0.15, -0.1) is 0 Å². The van der Waals surface area contributed by atoms with Crippen LogP contribution in [0.2, 0.25) is 10.0 Å². The Morgan fingerprint density at radius 2 is 1.73 bits per heavy atom. The summed E-state index contributed by atoms with van der Waals surface area (Å²) in [6, 6.07) is 16.0. The first-order valence-electron chi connectivity index (χ1n) is 9.31. The summed E-state index contributed by atoms with van der Waals surface area (Å²) in [6.45, 7) is 1.81. The number of halogens is 2. The van der Waals surface area contributed by atoms with Crippen molar-refractivity contribution >= 4 is 51.0 Å². The molecule has 0 spiro atoms. The zero-order valence-corrected chi connectivity index (χ0v) is 19.4. The average molecular weight is 503 g/mol. The Balaban J connectivity index is 1.99. The normalized spacial score (nSPS) is 11.5. The predicted octanol–water partition coefficient (Wildman–Crippen LogP) is 5.32. The molecule has 168 valence electrons. The number of carbonyl (C=O) groups excluding carboxylic acids is 1. The molecule has 3 aromatic carbocycles. The summed E-state index contributed by atoms with van der Waals surface area (Å²) < 4.78 is 30.8.